The van der Waals surface area contributed by atoms with Crippen LogP contribution in [0.4, 0.5) is 0 Å². The summed E-state index contributed by atoms with van der Waals surface area (Å²) in [7, 11) is 0. The minimum atomic E-state index is 0.400. The van der Waals surface area contributed by atoms with Gasteiger partial charge < -0.3 is 5.73 Å². The second kappa shape index (κ2) is 4.56. The predicted octanol–water partition coefficient (Wildman–Crippen LogP) is 2.19. The van der Waals surface area contributed by atoms with E-state index < -0.39 is 0 Å². The summed E-state index contributed by atoms with van der Waals surface area (Å²) in [6.07, 6.45) is 8.41. The van der Waals surface area contributed by atoms with Gasteiger partial charge in [-0.3, -0.25) is 9.88 Å². The Morgan fingerprint density at radius 2 is 2.06 bits per heavy atom. The molecule has 92 valence electrons. The fourth-order valence-corrected chi connectivity index (χ4v) is 3.48. The van der Waals surface area contributed by atoms with Gasteiger partial charge in [0.25, 0.3) is 0 Å². The number of aromatic nitrogens is 1. The molecule has 0 saturated carbocycles. The van der Waals surface area contributed by atoms with Crippen LogP contribution in [-0.2, 0) is 6.54 Å². The van der Waals surface area contributed by atoms with Gasteiger partial charge >= 0.3 is 0 Å². The van der Waals surface area contributed by atoms with E-state index in [0.29, 0.717) is 18.1 Å². The lowest BCUT2D eigenvalue weighted by Gasteiger charge is -2.37. The fourth-order valence-electron chi connectivity index (χ4n) is 3.30. The van der Waals surface area contributed by atoms with Crippen molar-refractivity contribution in [2.75, 3.05) is 0 Å². The number of halogens is 1. The minimum Gasteiger partial charge on any atom is -0.328 e. The average Bonchev–Trinajstić information content (AvgIpc) is 2.56. The number of hydrogen-bond acceptors (Lipinski definition) is 3. The zero-order valence-corrected chi connectivity index (χ0v) is 10.6. The van der Waals surface area contributed by atoms with Crippen LogP contribution in [0.3, 0.4) is 0 Å². The molecule has 17 heavy (non-hydrogen) atoms. The molecule has 0 aliphatic carbocycles. The van der Waals surface area contributed by atoms with Gasteiger partial charge in [0.15, 0.2) is 0 Å². The molecular formula is C13H18ClN3. The zero-order valence-electron chi connectivity index (χ0n) is 9.85. The first-order valence-electron chi connectivity index (χ1n) is 6.34. The maximum absolute atomic E-state index is 6.17. The van der Waals surface area contributed by atoms with Crippen LogP contribution in [0.5, 0.6) is 0 Å². The van der Waals surface area contributed by atoms with E-state index in [1.54, 1.807) is 6.20 Å². The topological polar surface area (TPSA) is 42.1 Å². The van der Waals surface area contributed by atoms with Crippen LogP contribution in [0.25, 0.3) is 0 Å². The Morgan fingerprint density at radius 3 is 2.71 bits per heavy atom. The van der Waals surface area contributed by atoms with Gasteiger partial charge in [-0.25, -0.2) is 0 Å². The lowest BCUT2D eigenvalue weighted by atomic mass is 9.97. The highest BCUT2D eigenvalue weighted by Crippen LogP contribution is 2.36. The third-order valence-corrected chi connectivity index (χ3v) is 4.47. The molecule has 1 aromatic rings. The van der Waals surface area contributed by atoms with Gasteiger partial charge in [0, 0.05) is 37.1 Å². The van der Waals surface area contributed by atoms with Crippen molar-refractivity contribution >= 4 is 11.6 Å². The Kier molecular flexibility index (Phi) is 3.07. The first-order chi connectivity index (χ1) is 8.24. The number of piperidine rings is 1. The van der Waals surface area contributed by atoms with E-state index >= 15 is 0 Å². The Bertz CT molecular complexity index is 395. The Labute approximate surface area is 107 Å². The molecular weight excluding hydrogens is 234 g/mol. The molecule has 0 amide bonds. The van der Waals surface area contributed by atoms with E-state index in [9.17, 15) is 0 Å². The Morgan fingerprint density at radius 1 is 1.35 bits per heavy atom. The molecule has 3 nitrogen and oxygen atoms in total. The molecule has 4 heteroatoms. The number of hydrogen-bond donors (Lipinski definition) is 1. The highest BCUT2D eigenvalue weighted by molar-refractivity contribution is 6.31. The van der Waals surface area contributed by atoms with Crippen LogP contribution in [0.15, 0.2) is 18.5 Å². The van der Waals surface area contributed by atoms with Crippen molar-refractivity contribution in [1.29, 1.82) is 0 Å². The lowest BCUT2D eigenvalue weighted by Crippen LogP contribution is -2.46. The first-order valence-corrected chi connectivity index (χ1v) is 6.71. The third kappa shape index (κ3) is 2.19. The summed E-state index contributed by atoms with van der Waals surface area (Å²) in [6.45, 7) is 0.948. The molecule has 2 N–H and O–H groups in total. The third-order valence-electron chi connectivity index (χ3n) is 4.13. The summed E-state index contributed by atoms with van der Waals surface area (Å²) < 4.78 is 0. The van der Waals surface area contributed by atoms with Crippen LogP contribution < -0.4 is 5.73 Å². The standard InChI is InChI=1S/C13H18ClN3/c14-13-7-16-4-3-9(13)8-17-11-1-2-12(17)6-10(15)5-11/h3-4,7,10-12H,1-2,5-6,8,15H2. The predicted molar refractivity (Wildman–Crippen MR) is 68.8 cm³/mol. The number of rotatable bonds is 2. The zero-order chi connectivity index (χ0) is 11.8. The fraction of sp³-hybridized carbons (Fsp3) is 0.615. The van der Waals surface area contributed by atoms with Gasteiger partial charge in [-0.05, 0) is 37.3 Å². The highest BCUT2D eigenvalue weighted by atomic mass is 35.5. The molecule has 2 unspecified atom stereocenters. The van der Waals surface area contributed by atoms with Crippen LogP contribution in [0, 0.1) is 0 Å². The maximum Gasteiger partial charge on any atom is 0.0634 e. The van der Waals surface area contributed by atoms with E-state index in [2.05, 4.69) is 9.88 Å². The van der Waals surface area contributed by atoms with E-state index in [-0.39, 0.29) is 0 Å². The molecule has 0 radical (unpaired) electrons. The van der Waals surface area contributed by atoms with Gasteiger partial charge in [-0.2, -0.15) is 0 Å². The van der Waals surface area contributed by atoms with Gasteiger partial charge in [-0.1, -0.05) is 11.6 Å². The molecule has 2 fully saturated rings. The van der Waals surface area contributed by atoms with Crippen molar-refractivity contribution < 1.29 is 0 Å². The minimum absolute atomic E-state index is 0.400. The molecule has 0 spiro atoms. The van der Waals surface area contributed by atoms with E-state index in [1.165, 1.54) is 18.4 Å². The summed E-state index contributed by atoms with van der Waals surface area (Å²) in [6, 6.07) is 3.74. The number of nitrogens with zero attached hydrogens (tertiary/aromatic N) is 2. The van der Waals surface area contributed by atoms with Gasteiger partial charge in [0.05, 0.1) is 5.02 Å². The summed E-state index contributed by atoms with van der Waals surface area (Å²) in [5.74, 6) is 0. The quantitative estimate of drug-likeness (QED) is 0.876. The molecule has 2 aliphatic rings. The smallest absolute Gasteiger partial charge is 0.0634 e. The first kappa shape index (κ1) is 11.5. The van der Waals surface area contributed by atoms with Crippen molar-refractivity contribution in [2.24, 2.45) is 5.73 Å². The second-order valence-corrected chi connectivity index (χ2v) is 5.66. The number of nitrogens with two attached hydrogens (primary N) is 1. The molecule has 0 aromatic carbocycles. The molecule has 2 atom stereocenters. The summed E-state index contributed by atoms with van der Waals surface area (Å²) in [4.78, 5) is 6.62. The Hall–Kier alpha value is -0.640. The monoisotopic (exact) mass is 251 g/mol. The second-order valence-electron chi connectivity index (χ2n) is 5.26. The average molecular weight is 252 g/mol. The van der Waals surface area contributed by atoms with E-state index in [4.69, 9.17) is 17.3 Å². The highest BCUT2D eigenvalue weighted by Gasteiger charge is 2.39. The van der Waals surface area contributed by atoms with Gasteiger partial charge in [0.1, 0.15) is 0 Å². The normalized spacial score (nSPS) is 32.9. The van der Waals surface area contributed by atoms with Gasteiger partial charge in [-0.15, -0.1) is 0 Å². The Balaban J connectivity index is 1.76. The van der Waals surface area contributed by atoms with Crippen LogP contribution in [0.1, 0.15) is 31.2 Å². The van der Waals surface area contributed by atoms with Crippen molar-refractivity contribution in [1.82, 2.24) is 9.88 Å². The SMILES string of the molecule is NC1CC2CCC(C1)N2Cc1ccncc1Cl. The lowest BCUT2D eigenvalue weighted by molar-refractivity contribution is 0.120. The van der Waals surface area contributed by atoms with Crippen molar-refractivity contribution in [3.05, 3.63) is 29.0 Å². The van der Waals surface area contributed by atoms with E-state index in [1.807, 2.05) is 12.3 Å². The molecule has 1 aromatic heterocycles. The largest absolute Gasteiger partial charge is 0.328 e. The maximum atomic E-state index is 6.17. The molecule has 2 bridgehead atoms. The van der Waals surface area contributed by atoms with Crippen LogP contribution >= 0.6 is 11.6 Å². The molecule has 2 saturated heterocycles. The number of pyridine rings is 1. The summed E-state index contributed by atoms with van der Waals surface area (Å²) in [5, 5.41) is 0.779. The molecule has 3 heterocycles. The van der Waals surface area contributed by atoms with Gasteiger partial charge in [0.2, 0.25) is 0 Å². The van der Waals surface area contributed by atoms with Crippen LogP contribution in [-0.4, -0.2) is 28.0 Å². The molecule has 3 rings (SSSR count). The van der Waals surface area contributed by atoms with Crippen molar-refractivity contribution in [3.63, 3.8) is 0 Å². The number of fused-ring (bicyclic) bond motifs is 2. The van der Waals surface area contributed by atoms with E-state index in [0.717, 1.165) is 24.4 Å². The summed E-state index contributed by atoms with van der Waals surface area (Å²) >= 11 is 6.17. The molecule has 2 aliphatic heterocycles. The summed E-state index contributed by atoms with van der Waals surface area (Å²) in [5.41, 5.74) is 7.27. The van der Waals surface area contributed by atoms with Crippen molar-refractivity contribution in [2.45, 2.75) is 50.4 Å². The van der Waals surface area contributed by atoms with Crippen LogP contribution in [0.2, 0.25) is 5.02 Å². The van der Waals surface area contributed by atoms with Crippen molar-refractivity contribution in [3.8, 4) is 0 Å².